The van der Waals surface area contributed by atoms with Crippen LogP contribution in [0.15, 0.2) is 0 Å². The van der Waals surface area contributed by atoms with E-state index in [0.29, 0.717) is 0 Å². The molecule has 1 atom stereocenters. The molecule has 0 radical (unpaired) electrons. The zero-order valence-corrected chi connectivity index (χ0v) is 11.3. The van der Waals surface area contributed by atoms with E-state index in [1.807, 2.05) is 0 Å². The molecule has 0 aliphatic rings. The number of rotatable bonds is 4. The van der Waals surface area contributed by atoms with Gasteiger partial charge in [-0.15, -0.1) is 0 Å². The molecule has 1 unspecified atom stereocenters. The Balaban J connectivity index is 4.75. The van der Waals surface area contributed by atoms with E-state index in [1.165, 1.54) is 7.11 Å². The molecule has 0 aromatic heterocycles. The fourth-order valence-corrected chi connectivity index (χ4v) is 1.58. The summed E-state index contributed by atoms with van der Waals surface area (Å²) in [4.78, 5) is 11.7. The number of ether oxygens (including phenoxy) is 1. The molecular formula is C13H26O2. The third-order valence-electron chi connectivity index (χ3n) is 3.24. The summed E-state index contributed by atoms with van der Waals surface area (Å²) in [6.07, 6.45) is 1.97. The Morgan fingerprint density at radius 1 is 1.20 bits per heavy atom. The average molecular weight is 214 g/mol. The Bertz CT molecular complexity index is 211. The summed E-state index contributed by atoms with van der Waals surface area (Å²) in [7, 11) is 1.47. The molecule has 0 aliphatic carbocycles. The van der Waals surface area contributed by atoms with Gasteiger partial charge in [-0.2, -0.15) is 0 Å². The number of carbonyl (C=O) groups excluding carboxylic acids is 1. The fourth-order valence-electron chi connectivity index (χ4n) is 1.58. The number of hydrogen-bond donors (Lipinski definition) is 0. The first-order valence-corrected chi connectivity index (χ1v) is 5.72. The summed E-state index contributed by atoms with van der Waals surface area (Å²) in [6, 6.07) is 0. The predicted octanol–water partition coefficient (Wildman–Crippen LogP) is 3.65. The minimum Gasteiger partial charge on any atom is -0.469 e. The van der Waals surface area contributed by atoms with E-state index in [2.05, 4.69) is 41.5 Å². The van der Waals surface area contributed by atoms with Crippen LogP contribution in [0.25, 0.3) is 0 Å². The van der Waals surface area contributed by atoms with E-state index in [4.69, 9.17) is 4.74 Å². The lowest BCUT2D eigenvalue weighted by molar-refractivity contribution is -0.150. The average Bonchev–Trinajstić information content (AvgIpc) is 2.11. The zero-order valence-electron chi connectivity index (χ0n) is 11.3. The van der Waals surface area contributed by atoms with E-state index < -0.39 is 0 Å². The Labute approximate surface area is 94.4 Å². The van der Waals surface area contributed by atoms with Crippen molar-refractivity contribution in [1.29, 1.82) is 0 Å². The molecule has 2 nitrogen and oxygen atoms in total. The zero-order chi connectivity index (χ0) is 12.3. The summed E-state index contributed by atoms with van der Waals surface area (Å²) in [5.41, 5.74) is 0.172. The highest BCUT2D eigenvalue weighted by Crippen LogP contribution is 2.38. The van der Waals surface area contributed by atoms with Crippen molar-refractivity contribution in [3.05, 3.63) is 0 Å². The molecule has 0 aliphatic heterocycles. The molecule has 0 saturated heterocycles. The second kappa shape index (κ2) is 5.00. The third-order valence-corrected chi connectivity index (χ3v) is 3.24. The number of esters is 1. The molecule has 0 heterocycles. The van der Waals surface area contributed by atoms with Crippen molar-refractivity contribution >= 4 is 5.97 Å². The molecule has 15 heavy (non-hydrogen) atoms. The van der Waals surface area contributed by atoms with Crippen molar-refractivity contribution < 1.29 is 9.53 Å². The molecule has 0 rings (SSSR count). The Kier molecular flexibility index (Phi) is 4.82. The van der Waals surface area contributed by atoms with Crippen molar-refractivity contribution in [1.82, 2.24) is 0 Å². The van der Waals surface area contributed by atoms with Crippen LogP contribution in [0.3, 0.4) is 0 Å². The van der Waals surface area contributed by atoms with E-state index in [-0.39, 0.29) is 22.7 Å². The Morgan fingerprint density at radius 3 is 1.93 bits per heavy atom. The maximum Gasteiger partial charge on any atom is 0.309 e. The molecule has 0 N–H and O–H groups in total. The van der Waals surface area contributed by atoms with Gasteiger partial charge in [0.2, 0.25) is 0 Å². The normalized spacial score (nSPS) is 14.9. The largest absolute Gasteiger partial charge is 0.469 e. The quantitative estimate of drug-likeness (QED) is 0.668. The Morgan fingerprint density at radius 2 is 1.67 bits per heavy atom. The van der Waals surface area contributed by atoms with Crippen molar-refractivity contribution in [3.8, 4) is 0 Å². The van der Waals surface area contributed by atoms with Crippen LogP contribution in [0, 0.1) is 16.7 Å². The van der Waals surface area contributed by atoms with Crippen LogP contribution in [-0.4, -0.2) is 13.1 Å². The van der Waals surface area contributed by atoms with Crippen LogP contribution in [0.4, 0.5) is 0 Å². The van der Waals surface area contributed by atoms with Gasteiger partial charge in [0.15, 0.2) is 0 Å². The van der Waals surface area contributed by atoms with Gasteiger partial charge in [-0.1, -0.05) is 48.0 Å². The van der Waals surface area contributed by atoms with Crippen LogP contribution in [0.2, 0.25) is 0 Å². The van der Waals surface area contributed by atoms with Crippen LogP contribution < -0.4 is 0 Å². The van der Waals surface area contributed by atoms with E-state index in [1.54, 1.807) is 0 Å². The van der Waals surface area contributed by atoms with E-state index >= 15 is 0 Å². The highest BCUT2D eigenvalue weighted by Gasteiger charge is 2.36. The van der Waals surface area contributed by atoms with Crippen molar-refractivity contribution in [2.24, 2.45) is 16.7 Å². The number of hydrogen-bond acceptors (Lipinski definition) is 2. The second-order valence-corrected chi connectivity index (χ2v) is 6.16. The lowest BCUT2D eigenvalue weighted by Crippen LogP contribution is -2.33. The van der Waals surface area contributed by atoms with Gasteiger partial charge in [-0.05, 0) is 17.3 Å². The highest BCUT2D eigenvalue weighted by atomic mass is 16.5. The second-order valence-electron chi connectivity index (χ2n) is 6.16. The molecule has 0 bridgehead atoms. The minimum absolute atomic E-state index is 0.0163. The van der Waals surface area contributed by atoms with Gasteiger partial charge in [-0.3, -0.25) is 4.79 Å². The van der Waals surface area contributed by atoms with Gasteiger partial charge in [0.25, 0.3) is 0 Å². The Hall–Kier alpha value is -0.530. The molecule has 2 heteroatoms. The number of carbonyl (C=O) groups is 1. The first-order valence-electron chi connectivity index (χ1n) is 5.72. The van der Waals surface area contributed by atoms with Crippen LogP contribution in [0.1, 0.15) is 54.4 Å². The first-order chi connectivity index (χ1) is 6.64. The lowest BCUT2D eigenvalue weighted by atomic mass is 9.70. The first kappa shape index (κ1) is 14.5. The van der Waals surface area contributed by atoms with Gasteiger partial charge in [-0.25, -0.2) is 0 Å². The summed E-state index contributed by atoms with van der Waals surface area (Å²) in [5.74, 6) is -0.0959. The maximum absolute atomic E-state index is 11.7. The van der Waals surface area contributed by atoms with Gasteiger partial charge in [0.05, 0.1) is 13.0 Å². The van der Waals surface area contributed by atoms with Gasteiger partial charge >= 0.3 is 5.97 Å². The summed E-state index contributed by atoms with van der Waals surface area (Å²) in [5, 5.41) is 0. The monoisotopic (exact) mass is 214 g/mol. The molecule has 0 spiro atoms. The minimum atomic E-state index is -0.0796. The molecular weight excluding hydrogens is 188 g/mol. The molecule has 90 valence electrons. The molecule has 0 amide bonds. The van der Waals surface area contributed by atoms with Crippen LogP contribution in [0.5, 0.6) is 0 Å². The highest BCUT2D eigenvalue weighted by molar-refractivity contribution is 5.73. The van der Waals surface area contributed by atoms with E-state index in [0.717, 1.165) is 12.8 Å². The molecule has 0 saturated carbocycles. The lowest BCUT2D eigenvalue weighted by Gasteiger charge is -2.34. The van der Waals surface area contributed by atoms with Crippen molar-refractivity contribution in [3.63, 3.8) is 0 Å². The predicted molar refractivity (Wildman–Crippen MR) is 63.7 cm³/mol. The van der Waals surface area contributed by atoms with E-state index in [9.17, 15) is 4.79 Å². The van der Waals surface area contributed by atoms with Crippen LogP contribution in [-0.2, 0) is 9.53 Å². The third kappa shape index (κ3) is 4.67. The maximum atomic E-state index is 11.7. The summed E-state index contributed by atoms with van der Waals surface area (Å²) >= 11 is 0. The summed E-state index contributed by atoms with van der Waals surface area (Å²) < 4.78 is 4.89. The standard InChI is InChI=1S/C13H26O2/c1-8-13(5,6)9-10(11(14)15-7)12(2,3)4/h10H,8-9H2,1-7H3. The topological polar surface area (TPSA) is 26.3 Å². The smallest absolute Gasteiger partial charge is 0.309 e. The molecule has 0 fully saturated rings. The SMILES string of the molecule is CCC(C)(C)CC(C(=O)OC)C(C)(C)C. The van der Waals surface area contributed by atoms with Gasteiger partial charge in [0, 0.05) is 0 Å². The van der Waals surface area contributed by atoms with Gasteiger partial charge in [0.1, 0.15) is 0 Å². The van der Waals surface area contributed by atoms with Crippen molar-refractivity contribution in [2.45, 2.75) is 54.4 Å². The fraction of sp³-hybridized carbons (Fsp3) is 0.923. The van der Waals surface area contributed by atoms with Gasteiger partial charge < -0.3 is 4.74 Å². The molecule has 0 aromatic rings. The van der Waals surface area contributed by atoms with Crippen molar-refractivity contribution in [2.75, 3.05) is 7.11 Å². The molecule has 0 aromatic carbocycles. The summed E-state index contributed by atoms with van der Waals surface area (Å²) in [6.45, 7) is 12.9. The number of methoxy groups -OCH3 is 1. The van der Waals surface area contributed by atoms with Crippen LogP contribution >= 0.6 is 0 Å².